The molecule has 0 radical (unpaired) electrons. The lowest BCUT2D eigenvalue weighted by molar-refractivity contribution is -0.144. The van der Waals surface area contributed by atoms with Gasteiger partial charge in [-0.05, 0) is 37.3 Å². The van der Waals surface area contributed by atoms with E-state index in [1.54, 1.807) is 32.0 Å². The first-order valence-electron chi connectivity index (χ1n) is 6.66. The predicted octanol–water partition coefficient (Wildman–Crippen LogP) is 1.87. The molecule has 20 heavy (non-hydrogen) atoms. The SMILES string of the molecule is Cc1ccccc1S(=O)(=O)N1CCCC(C)C1C(=O)O. The number of hydrogen-bond donors (Lipinski definition) is 1. The van der Waals surface area contributed by atoms with Crippen LogP contribution in [0.1, 0.15) is 25.3 Å². The summed E-state index contributed by atoms with van der Waals surface area (Å²) in [6, 6.07) is 5.69. The monoisotopic (exact) mass is 297 g/mol. The van der Waals surface area contributed by atoms with Crippen molar-refractivity contribution in [2.45, 2.75) is 37.6 Å². The average Bonchev–Trinajstić information content (AvgIpc) is 2.38. The standard InChI is InChI=1S/C14H19NO4S/c1-10-6-3-4-8-12(10)20(18,19)15-9-5-7-11(2)13(15)14(16)17/h3-4,6,8,11,13H,5,7,9H2,1-2H3,(H,16,17). The third kappa shape index (κ3) is 2.58. The van der Waals surface area contributed by atoms with Gasteiger partial charge in [0.1, 0.15) is 6.04 Å². The molecule has 1 heterocycles. The van der Waals surface area contributed by atoms with Gasteiger partial charge in [-0.3, -0.25) is 4.79 Å². The number of carbonyl (C=O) groups is 1. The number of carboxylic acids is 1. The molecule has 0 spiro atoms. The van der Waals surface area contributed by atoms with Crippen molar-refractivity contribution < 1.29 is 18.3 Å². The predicted molar refractivity (Wildman–Crippen MR) is 74.9 cm³/mol. The van der Waals surface area contributed by atoms with Crippen molar-refractivity contribution in [1.29, 1.82) is 0 Å². The minimum absolute atomic E-state index is 0.181. The van der Waals surface area contributed by atoms with E-state index in [4.69, 9.17) is 0 Å². The van der Waals surface area contributed by atoms with Crippen LogP contribution in [0.25, 0.3) is 0 Å². The van der Waals surface area contributed by atoms with E-state index in [0.717, 1.165) is 10.7 Å². The van der Waals surface area contributed by atoms with Crippen molar-refractivity contribution in [3.63, 3.8) is 0 Å². The lowest BCUT2D eigenvalue weighted by Gasteiger charge is -2.36. The number of rotatable bonds is 3. The van der Waals surface area contributed by atoms with Gasteiger partial charge in [0.25, 0.3) is 0 Å². The summed E-state index contributed by atoms with van der Waals surface area (Å²) >= 11 is 0. The van der Waals surface area contributed by atoms with Crippen molar-refractivity contribution in [2.75, 3.05) is 6.54 Å². The highest BCUT2D eigenvalue weighted by Crippen LogP contribution is 2.30. The highest BCUT2D eigenvalue weighted by atomic mass is 32.2. The zero-order chi connectivity index (χ0) is 14.9. The molecule has 2 atom stereocenters. The topological polar surface area (TPSA) is 74.7 Å². The van der Waals surface area contributed by atoms with Crippen LogP contribution < -0.4 is 0 Å². The second-order valence-corrected chi connectivity index (χ2v) is 7.14. The number of aryl methyl sites for hydroxylation is 1. The van der Waals surface area contributed by atoms with Crippen LogP contribution in [0.3, 0.4) is 0 Å². The molecule has 0 aliphatic carbocycles. The van der Waals surface area contributed by atoms with Crippen molar-refractivity contribution in [3.8, 4) is 0 Å². The first-order chi connectivity index (χ1) is 9.35. The Kier molecular flexibility index (Phi) is 4.15. The Bertz CT molecular complexity index is 611. The second kappa shape index (κ2) is 5.54. The maximum absolute atomic E-state index is 12.7. The van der Waals surface area contributed by atoms with E-state index in [-0.39, 0.29) is 17.4 Å². The number of aliphatic carboxylic acids is 1. The van der Waals surface area contributed by atoms with Gasteiger partial charge in [0.15, 0.2) is 0 Å². The van der Waals surface area contributed by atoms with Crippen molar-refractivity contribution in [1.82, 2.24) is 4.31 Å². The van der Waals surface area contributed by atoms with Crippen LogP contribution >= 0.6 is 0 Å². The Morgan fingerprint density at radius 2 is 2.00 bits per heavy atom. The van der Waals surface area contributed by atoms with E-state index in [0.29, 0.717) is 12.0 Å². The molecule has 0 saturated carbocycles. The second-order valence-electron chi connectivity index (χ2n) is 5.28. The number of piperidine rings is 1. The third-order valence-corrected chi connectivity index (χ3v) is 5.86. The van der Waals surface area contributed by atoms with Gasteiger partial charge >= 0.3 is 5.97 Å². The van der Waals surface area contributed by atoms with Gasteiger partial charge < -0.3 is 5.11 Å². The molecule has 5 nitrogen and oxygen atoms in total. The molecule has 1 aromatic rings. The molecular formula is C14H19NO4S. The summed E-state index contributed by atoms with van der Waals surface area (Å²) < 4.78 is 26.6. The molecule has 0 aromatic heterocycles. The molecule has 1 N–H and O–H groups in total. The maximum atomic E-state index is 12.7. The minimum atomic E-state index is -3.77. The van der Waals surface area contributed by atoms with Gasteiger partial charge in [-0.2, -0.15) is 4.31 Å². The Hall–Kier alpha value is -1.40. The fraction of sp³-hybridized carbons (Fsp3) is 0.500. The summed E-state index contributed by atoms with van der Waals surface area (Å²) in [5.74, 6) is -1.26. The largest absolute Gasteiger partial charge is 0.480 e. The fourth-order valence-corrected chi connectivity index (χ4v) is 4.70. The van der Waals surface area contributed by atoms with Gasteiger partial charge in [0.2, 0.25) is 10.0 Å². The summed E-state index contributed by atoms with van der Waals surface area (Å²) in [5, 5.41) is 9.35. The highest BCUT2D eigenvalue weighted by molar-refractivity contribution is 7.89. The van der Waals surface area contributed by atoms with E-state index in [1.807, 2.05) is 0 Å². The van der Waals surface area contributed by atoms with Gasteiger partial charge in [-0.25, -0.2) is 8.42 Å². The van der Waals surface area contributed by atoms with E-state index in [1.165, 1.54) is 6.07 Å². The molecule has 2 rings (SSSR count). The van der Waals surface area contributed by atoms with Gasteiger partial charge in [-0.1, -0.05) is 25.1 Å². The molecule has 0 amide bonds. The van der Waals surface area contributed by atoms with Crippen LogP contribution in [0, 0.1) is 12.8 Å². The van der Waals surface area contributed by atoms with Crippen LogP contribution in [-0.2, 0) is 14.8 Å². The Morgan fingerprint density at radius 3 is 2.60 bits per heavy atom. The summed E-state index contributed by atoms with van der Waals surface area (Å²) in [6.07, 6.45) is 1.42. The molecule has 110 valence electrons. The molecule has 1 fully saturated rings. The van der Waals surface area contributed by atoms with Crippen molar-refractivity contribution >= 4 is 16.0 Å². The maximum Gasteiger partial charge on any atom is 0.322 e. The molecule has 0 bridgehead atoms. The normalized spacial score (nSPS) is 24.5. The molecule has 6 heteroatoms. The average molecular weight is 297 g/mol. The molecule has 1 aromatic carbocycles. The zero-order valence-electron chi connectivity index (χ0n) is 11.6. The Balaban J connectivity index is 2.47. The van der Waals surface area contributed by atoms with Gasteiger partial charge in [0, 0.05) is 6.54 Å². The third-order valence-electron chi connectivity index (χ3n) is 3.82. The van der Waals surface area contributed by atoms with E-state index < -0.39 is 22.0 Å². The van der Waals surface area contributed by atoms with Crippen LogP contribution in [0.15, 0.2) is 29.2 Å². The summed E-state index contributed by atoms with van der Waals surface area (Å²) in [6.45, 7) is 3.77. The van der Waals surface area contributed by atoms with E-state index in [2.05, 4.69) is 0 Å². The van der Waals surface area contributed by atoms with Gasteiger partial charge in [-0.15, -0.1) is 0 Å². The van der Waals surface area contributed by atoms with Crippen LogP contribution in [0.4, 0.5) is 0 Å². The number of sulfonamides is 1. The summed E-state index contributed by atoms with van der Waals surface area (Å²) in [7, 11) is -3.77. The molecule has 1 aliphatic rings. The number of hydrogen-bond acceptors (Lipinski definition) is 3. The Labute approximate surface area is 119 Å². The smallest absolute Gasteiger partial charge is 0.322 e. The lowest BCUT2D eigenvalue weighted by Crippen LogP contribution is -2.51. The quantitative estimate of drug-likeness (QED) is 0.924. The number of carboxylic acid groups (broad SMARTS) is 1. The van der Waals surface area contributed by atoms with Crippen LogP contribution in [0.2, 0.25) is 0 Å². The van der Waals surface area contributed by atoms with Crippen molar-refractivity contribution in [3.05, 3.63) is 29.8 Å². The fourth-order valence-electron chi connectivity index (χ4n) is 2.76. The summed E-state index contributed by atoms with van der Waals surface area (Å²) in [5.41, 5.74) is 0.634. The van der Waals surface area contributed by atoms with Crippen LogP contribution in [-0.4, -0.2) is 36.4 Å². The lowest BCUT2D eigenvalue weighted by atomic mass is 9.93. The Morgan fingerprint density at radius 1 is 1.35 bits per heavy atom. The van der Waals surface area contributed by atoms with E-state index >= 15 is 0 Å². The van der Waals surface area contributed by atoms with Crippen molar-refractivity contribution in [2.24, 2.45) is 5.92 Å². The van der Waals surface area contributed by atoms with Crippen LogP contribution in [0.5, 0.6) is 0 Å². The molecule has 2 unspecified atom stereocenters. The molecular weight excluding hydrogens is 278 g/mol. The minimum Gasteiger partial charge on any atom is -0.480 e. The first kappa shape index (κ1) is 15.0. The van der Waals surface area contributed by atoms with E-state index in [9.17, 15) is 18.3 Å². The number of benzene rings is 1. The number of nitrogens with zero attached hydrogens (tertiary/aromatic N) is 1. The van der Waals surface area contributed by atoms with Gasteiger partial charge in [0.05, 0.1) is 4.90 Å². The molecule has 1 saturated heterocycles. The summed E-state index contributed by atoms with van der Waals surface area (Å²) in [4.78, 5) is 11.6. The zero-order valence-corrected chi connectivity index (χ0v) is 12.4. The first-order valence-corrected chi connectivity index (χ1v) is 8.10. The highest BCUT2D eigenvalue weighted by Gasteiger charge is 2.41. The molecule has 1 aliphatic heterocycles.